The fourth-order valence-electron chi connectivity index (χ4n) is 2.37. The van der Waals surface area contributed by atoms with Gasteiger partial charge in [-0.2, -0.15) is 0 Å². The minimum Gasteiger partial charge on any atom is -0.300 e. The average Bonchev–Trinajstić information content (AvgIpc) is 2.28. The molecule has 6 heteroatoms. The van der Waals surface area contributed by atoms with Crippen LogP contribution < -0.4 is 0 Å². The average molecular weight is 288 g/mol. The van der Waals surface area contributed by atoms with Gasteiger partial charge in [-0.3, -0.25) is 14.9 Å². The fourth-order valence-corrected chi connectivity index (χ4v) is 2.91. The first-order valence-corrected chi connectivity index (χ1v) is 6.35. The maximum Gasteiger partial charge on any atom is 0.220 e. The lowest BCUT2D eigenvalue weighted by atomic mass is 9.79. The van der Waals surface area contributed by atoms with Crippen molar-refractivity contribution in [3.63, 3.8) is 0 Å². The van der Waals surface area contributed by atoms with Gasteiger partial charge < -0.3 is 0 Å². The molecule has 0 amide bonds. The van der Waals surface area contributed by atoms with Crippen molar-refractivity contribution in [2.45, 2.75) is 31.2 Å². The van der Waals surface area contributed by atoms with Gasteiger partial charge in [0.2, 0.25) is 6.04 Å². The molecule has 1 aliphatic rings. The molecule has 2 rings (SSSR count). The summed E-state index contributed by atoms with van der Waals surface area (Å²) < 4.78 is 0. The van der Waals surface area contributed by atoms with Crippen LogP contribution in [0.4, 0.5) is 0 Å². The van der Waals surface area contributed by atoms with Crippen LogP contribution in [0.1, 0.15) is 30.7 Å². The molecule has 1 aromatic carbocycles. The first kappa shape index (κ1) is 13.3. The number of carbonyl (C=O) groups is 1. The van der Waals surface area contributed by atoms with Crippen molar-refractivity contribution in [1.29, 1.82) is 0 Å². The Morgan fingerprint density at radius 2 is 2.06 bits per heavy atom. The first-order chi connectivity index (χ1) is 8.49. The van der Waals surface area contributed by atoms with Crippen LogP contribution in [0.3, 0.4) is 0 Å². The number of nitrogens with zero attached hydrogens (tertiary/aromatic N) is 1. The van der Waals surface area contributed by atoms with Gasteiger partial charge in [0.1, 0.15) is 5.78 Å². The molecular weight excluding hydrogens is 277 g/mol. The lowest BCUT2D eigenvalue weighted by Gasteiger charge is -2.25. The van der Waals surface area contributed by atoms with Gasteiger partial charge in [0.15, 0.2) is 0 Å². The van der Waals surface area contributed by atoms with Crippen molar-refractivity contribution in [2.24, 2.45) is 0 Å². The second kappa shape index (κ2) is 5.24. The number of hydrogen-bond donors (Lipinski definition) is 0. The van der Waals surface area contributed by atoms with Crippen molar-refractivity contribution < 1.29 is 9.72 Å². The van der Waals surface area contributed by atoms with Crippen LogP contribution in [0, 0.1) is 10.1 Å². The van der Waals surface area contributed by atoms with Gasteiger partial charge in [0.25, 0.3) is 0 Å². The second-order valence-corrected chi connectivity index (χ2v) is 5.25. The highest BCUT2D eigenvalue weighted by atomic mass is 35.5. The van der Waals surface area contributed by atoms with E-state index in [-0.39, 0.29) is 30.0 Å². The first-order valence-electron chi connectivity index (χ1n) is 5.59. The lowest BCUT2D eigenvalue weighted by Crippen LogP contribution is -2.34. The molecule has 4 nitrogen and oxygen atoms in total. The normalized spacial score (nSPS) is 24.0. The van der Waals surface area contributed by atoms with Gasteiger partial charge in [-0.15, -0.1) is 0 Å². The van der Waals surface area contributed by atoms with E-state index < -0.39 is 12.0 Å². The third-order valence-electron chi connectivity index (χ3n) is 3.26. The van der Waals surface area contributed by atoms with Crippen molar-refractivity contribution in [3.05, 3.63) is 43.9 Å². The molecule has 0 N–H and O–H groups in total. The van der Waals surface area contributed by atoms with E-state index in [1.54, 1.807) is 18.2 Å². The SMILES string of the molecule is O=C1CCC([N+](=O)[O-])C(c2ccc(Cl)cc2Cl)C1. The second-order valence-electron chi connectivity index (χ2n) is 4.41. The summed E-state index contributed by atoms with van der Waals surface area (Å²) in [6.07, 6.45) is 0.718. The molecule has 18 heavy (non-hydrogen) atoms. The minimum atomic E-state index is -0.749. The molecule has 0 heterocycles. The van der Waals surface area contributed by atoms with E-state index >= 15 is 0 Å². The Labute approximate surface area is 114 Å². The summed E-state index contributed by atoms with van der Waals surface area (Å²) in [6, 6.07) is 4.11. The predicted molar refractivity (Wildman–Crippen MR) is 68.8 cm³/mol. The topological polar surface area (TPSA) is 60.2 Å². The summed E-state index contributed by atoms with van der Waals surface area (Å²) in [4.78, 5) is 22.2. The van der Waals surface area contributed by atoms with E-state index in [1.165, 1.54) is 0 Å². The Hall–Kier alpha value is -1.13. The predicted octanol–water partition coefficient (Wildman–Crippen LogP) is 3.48. The number of ketones is 1. The van der Waals surface area contributed by atoms with E-state index in [9.17, 15) is 14.9 Å². The van der Waals surface area contributed by atoms with Crippen molar-refractivity contribution in [3.8, 4) is 0 Å². The highest BCUT2D eigenvalue weighted by molar-refractivity contribution is 6.35. The Bertz CT molecular complexity index is 504. The molecule has 2 atom stereocenters. The number of nitro groups is 1. The lowest BCUT2D eigenvalue weighted by molar-refractivity contribution is -0.528. The maximum atomic E-state index is 11.5. The molecule has 96 valence electrons. The number of hydrogen-bond acceptors (Lipinski definition) is 3. The van der Waals surface area contributed by atoms with Crippen LogP contribution in [0.5, 0.6) is 0 Å². The molecular formula is C12H11Cl2NO3. The van der Waals surface area contributed by atoms with Gasteiger partial charge in [-0.25, -0.2) is 0 Å². The largest absolute Gasteiger partial charge is 0.300 e. The van der Waals surface area contributed by atoms with Crippen LogP contribution in [0.2, 0.25) is 10.0 Å². The molecule has 0 spiro atoms. The molecule has 0 radical (unpaired) electrons. The third-order valence-corrected chi connectivity index (χ3v) is 3.83. The number of halogens is 2. The molecule has 0 aliphatic heterocycles. The fraction of sp³-hybridized carbons (Fsp3) is 0.417. The summed E-state index contributed by atoms with van der Waals surface area (Å²) in [5, 5.41) is 11.9. The highest BCUT2D eigenvalue weighted by Gasteiger charge is 2.39. The summed E-state index contributed by atoms with van der Waals surface area (Å²) >= 11 is 11.9. The number of carbonyl (C=O) groups excluding carboxylic acids is 1. The van der Waals surface area contributed by atoms with E-state index in [1.807, 2.05) is 0 Å². The Kier molecular flexibility index (Phi) is 3.88. The van der Waals surface area contributed by atoms with Gasteiger partial charge >= 0.3 is 0 Å². The van der Waals surface area contributed by atoms with Gasteiger partial charge in [0.05, 0.1) is 5.92 Å². The summed E-state index contributed by atoms with van der Waals surface area (Å²) in [7, 11) is 0. The Balaban J connectivity index is 2.38. The Morgan fingerprint density at radius 3 is 2.67 bits per heavy atom. The molecule has 0 aromatic heterocycles. The van der Waals surface area contributed by atoms with Crippen molar-refractivity contribution >= 4 is 29.0 Å². The van der Waals surface area contributed by atoms with E-state index in [4.69, 9.17) is 23.2 Å². The summed E-state index contributed by atoms with van der Waals surface area (Å²) in [6.45, 7) is 0. The van der Waals surface area contributed by atoms with E-state index in [0.29, 0.717) is 15.6 Å². The molecule has 1 aromatic rings. The van der Waals surface area contributed by atoms with Gasteiger partial charge in [0, 0.05) is 34.2 Å². The standard InChI is InChI=1S/C12H11Cl2NO3/c13-7-1-3-9(11(14)5-7)10-6-8(16)2-4-12(10)15(17)18/h1,3,5,10,12H,2,4,6H2. The van der Waals surface area contributed by atoms with E-state index in [2.05, 4.69) is 0 Å². The molecule has 2 unspecified atom stereocenters. The Morgan fingerprint density at radius 1 is 1.33 bits per heavy atom. The zero-order chi connectivity index (χ0) is 13.3. The van der Waals surface area contributed by atoms with Crippen molar-refractivity contribution in [2.75, 3.05) is 0 Å². The summed E-state index contributed by atoms with van der Waals surface area (Å²) in [5.74, 6) is -0.407. The quantitative estimate of drug-likeness (QED) is 0.618. The third kappa shape index (κ3) is 2.65. The molecule has 1 saturated carbocycles. The summed E-state index contributed by atoms with van der Waals surface area (Å²) in [5.41, 5.74) is 0.635. The van der Waals surface area contributed by atoms with Gasteiger partial charge in [-0.05, 0) is 17.7 Å². The van der Waals surface area contributed by atoms with Crippen molar-refractivity contribution in [1.82, 2.24) is 0 Å². The van der Waals surface area contributed by atoms with Crippen LogP contribution >= 0.6 is 23.2 Å². The maximum absolute atomic E-state index is 11.5. The zero-order valence-corrected chi connectivity index (χ0v) is 10.9. The molecule has 1 fully saturated rings. The minimum absolute atomic E-state index is 0.0455. The van der Waals surface area contributed by atoms with Crippen LogP contribution in [0.15, 0.2) is 18.2 Å². The smallest absolute Gasteiger partial charge is 0.220 e. The number of rotatable bonds is 2. The highest BCUT2D eigenvalue weighted by Crippen LogP contribution is 2.37. The van der Waals surface area contributed by atoms with Crippen LogP contribution in [-0.2, 0) is 4.79 Å². The molecule has 0 bridgehead atoms. The zero-order valence-electron chi connectivity index (χ0n) is 9.44. The molecule has 0 saturated heterocycles. The van der Waals surface area contributed by atoms with Crippen LogP contribution in [0.25, 0.3) is 0 Å². The van der Waals surface area contributed by atoms with Gasteiger partial charge in [-0.1, -0.05) is 29.3 Å². The van der Waals surface area contributed by atoms with Crippen LogP contribution in [-0.4, -0.2) is 16.7 Å². The number of benzene rings is 1. The monoisotopic (exact) mass is 287 g/mol. The molecule has 1 aliphatic carbocycles. The number of Topliss-reactive ketones (excluding diaryl/α,β-unsaturated/α-hetero) is 1. The van der Waals surface area contributed by atoms with E-state index in [0.717, 1.165) is 0 Å².